The number of benzene rings is 2. The van der Waals surface area contributed by atoms with Crippen LogP contribution in [0, 0.1) is 0 Å². The Morgan fingerprint density at radius 1 is 1.10 bits per heavy atom. The van der Waals surface area contributed by atoms with Crippen LogP contribution in [0.4, 0.5) is 0 Å². The van der Waals surface area contributed by atoms with Crippen LogP contribution in [0.5, 0.6) is 0 Å². The third-order valence-electron chi connectivity index (χ3n) is 4.32. The van der Waals surface area contributed by atoms with Crippen LogP contribution >= 0.6 is 12.6 Å². The van der Waals surface area contributed by atoms with E-state index in [-0.39, 0.29) is 12.4 Å². The monoisotopic (exact) mass is 409 g/mol. The molecule has 1 heterocycles. The average molecular weight is 410 g/mol. The van der Waals surface area contributed by atoms with Gasteiger partial charge >= 0.3 is 5.97 Å². The highest BCUT2D eigenvalue weighted by molar-refractivity contribution is 7.80. The Bertz CT molecular complexity index is 958. The van der Waals surface area contributed by atoms with Crippen molar-refractivity contribution in [3.63, 3.8) is 0 Å². The molecule has 29 heavy (non-hydrogen) atoms. The van der Waals surface area contributed by atoms with Crippen molar-refractivity contribution in [3.05, 3.63) is 78.0 Å². The minimum atomic E-state index is -0.828. The molecule has 0 radical (unpaired) electrons. The lowest BCUT2D eigenvalue weighted by Gasteiger charge is -2.15. The van der Waals surface area contributed by atoms with Gasteiger partial charge in [-0.1, -0.05) is 60.7 Å². The molecule has 0 saturated heterocycles. The van der Waals surface area contributed by atoms with Gasteiger partial charge in [0.1, 0.15) is 11.7 Å². The van der Waals surface area contributed by atoms with Gasteiger partial charge in [-0.25, -0.2) is 4.79 Å². The molecule has 0 spiro atoms. The maximum atomic E-state index is 13.0. The Balaban J connectivity index is 1.91. The molecular weight excluding hydrogens is 386 g/mol. The van der Waals surface area contributed by atoms with E-state index >= 15 is 0 Å². The third-order valence-corrected chi connectivity index (χ3v) is 4.68. The first-order valence-corrected chi connectivity index (χ1v) is 10.0. The summed E-state index contributed by atoms with van der Waals surface area (Å²) >= 11 is 4.17. The van der Waals surface area contributed by atoms with E-state index in [1.165, 1.54) is 0 Å². The van der Waals surface area contributed by atoms with E-state index in [0.717, 1.165) is 11.1 Å². The maximum Gasteiger partial charge on any atom is 0.329 e. The fourth-order valence-corrected chi connectivity index (χ4v) is 3.12. The topological polar surface area (TPSA) is 73.2 Å². The summed E-state index contributed by atoms with van der Waals surface area (Å²) in [6, 6.07) is 20.3. The van der Waals surface area contributed by atoms with Gasteiger partial charge in [-0.2, -0.15) is 17.7 Å². The van der Waals surface area contributed by atoms with Crippen molar-refractivity contribution in [2.75, 3.05) is 12.4 Å². The Kier molecular flexibility index (Phi) is 7.08. The van der Waals surface area contributed by atoms with Gasteiger partial charge in [0.25, 0.3) is 5.91 Å². The van der Waals surface area contributed by atoms with Crippen LogP contribution in [-0.2, 0) is 16.1 Å². The number of nitrogens with zero attached hydrogens (tertiary/aromatic N) is 2. The molecule has 0 unspecified atom stereocenters. The van der Waals surface area contributed by atoms with Crippen molar-refractivity contribution in [1.29, 1.82) is 0 Å². The van der Waals surface area contributed by atoms with E-state index in [1.807, 2.05) is 60.7 Å². The normalized spacial score (nSPS) is 11.7. The van der Waals surface area contributed by atoms with Crippen LogP contribution in [-0.4, -0.2) is 40.1 Å². The molecule has 0 aliphatic heterocycles. The van der Waals surface area contributed by atoms with Crippen LogP contribution in [0.25, 0.3) is 11.3 Å². The first-order valence-electron chi connectivity index (χ1n) is 9.38. The van der Waals surface area contributed by atoms with Crippen molar-refractivity contribution >= 4 is 24.5 Å². The van der Waals surface area contributed by atoms with Gasteiger partial charge in [0.2, 0.25) is 0 Å². The summed E-state index contributed by atoms with van der Waals surface area (Å²) in [5.74, 6) is -0.765. The molecule has 0 aliphatic rings. The number of hydrogen-bond acceptors (Lipinski definition) is 5. The predicted molar refractivity (Wildman–Crippen MR) is 115 cm³/mol. The number of ether oxygens (including phenoxy) is 1. The Hall–Kier alpha value is -3.06. The summed E-state index contributed by atoms with van der Waals surface area (Å²) in [5.41, 5.74) is 2.97. The van der Waals surface area contributed by atoms with Crippen molar-refractivity contribution in [1.82, 2.24) is 15.1 Å². The van der Waals surface area contributed by atoms with Crippen molar-refractivity contribution < 1.29 is 14.3 Å². The number of amides is 1. The summed E-state index contributed by atoms with van der Waals surface area (Å²) < 4.78 is 6.65. The van der Waals surface area contributed by atoms with Crippen LogP contribution in [0.1, 0.15) is 23.0 Å². The van der Waals surface area contributed by atoms with Gasteiger partial charge in [0, 0.05) is 11.3 Å². The number of thiol groups is 1. The summed E-state index contributed by atoms with van der Waals surface area (Å²) in [6.07, 6.45) is 0. The molecule has 3 rings (SSSR count). The molecule has 3 aromatic rings. The largest absolute Gasteiger partial charge is 0.464 e. The molecule has 0 aliphatic carbocycles. The van der Waals surface area contributed by atoms with Gasteiger partial charge in [-0.05, 0) is 18.6 Å². The zero-order valence-electron chi connectivity index (χ0n) is 16.1. The lowest BCUT2D eigenvalue weighted by molar-refractivity contribution is -0.144. The predicted octanol–water partition coefficient (Wildman–Crippen LogP) is 3.19. The number of carbonyl (C=O) groups excluding carboxylic acids is 2. The maximum absolute atomic E-state index is 13.0. The van der Waals surface area contributed by atoms with Crippen LogP contribution in [0.15, 0.2) is 66.7 Å². The first-order chi connectivity index (χ1) is 14.1. The van der Waals surface area contributed by atoms with E-state index in [0.29, 0.717) is 17.9 Å². The minimum Gasteiger partial charge on any atom is -0.464 e. The molecule has 6 nitrogen and oxygen atoms in total. The summed E-state index contributed by atoms with van der Waals surface area (Å²) in [4.78, 5) is 25.0. The summed E-state index contributed by atoms with van der Waals surface area (Å²) in [7, 11) is 0. The number of rotatable bonds is 8. The quantitative estimate of drug-likeness (QED) is 0.443. The smallest absolute Gasteiger partial charge is 0.329 e. The third kappa shape index (κ3) is 5.26. The molecule has 1 amide bonds. The number of aromatic nitrogens is 2. The molecule has 1 N–H and O–H groups in total. The van der Waals surface area contributed by atoms with Crippen LogP contribution < -0.4 is 5.32 Å². The number of carbonyl (C=O) groups is 2. The minimum absolute atomic E-state index is 0.142. The molecule has 150 valence electrons. The molecule has 1 aromatic heterocycles. The van der Waals surface area contributed by atoms with E-state index in [4.69, 9.17) is 4.74 Å². The van der Waals surface area contributed by atoms with Crippen molar-refractivity contribution in [2.45, 2.75) is 19.5 Å². The van der Waals surface area contributed by atoms with Crippen LogP contribution in [0.2, 0.25) is 0 Å². The SMILES string of the molecule is CCOC(=O)[C@@H](CS)NC(=O)c1cc(-c2ccccc2)nn1Cc1ccccc1. The number of esters is 1. The zero-order chi connectivity index (χ0) is 20.6. The second-order valence-electron chi connectivity index (χ2n) is 6.38. The van der Waals surface area contributed by atoms with Gasteiger partial charge < -0.3 is 10.1 Å². The zero-order valence-corrected chi connectivity index (χ0v) is 17.0. The highest BCUT2D eigenvalue weighted by Gasteiger charge is 2.24. The standard InChI is InChI=1S/C22H23N3O3S/c1-2-28-22(27)19(15-29)23-21(26)20-13-18(17-11-7-4-8-12-17)24-25(20)14-16-9-5-3-6-10-16/h3-13,19,29H,2,14-15H2,1H3,(H,23,26)/t19-/m1/s1. The summed E-state index contributed by atoms with van der Waals surface area (Å²) in [5, 5.41) is 7.34. The van der Waals surface area contributed by atoms with E-state index < -0.39 is 17.9 Å². The van der Waals surface area contributed by atoms with E-state index in [2.05, 4.69) is 23.0 Å². The fraction of sp³-hybridized carbons (Fsp3) is 0.227. The molecule has 2 aromatic carbocycles. The van der Waals surface area contributed by atoms with E-state index in [9.17, 15) is 9.59 Å². The Morgan fingerprint density at radius 2 is 1.76 bits per heavy atom. The second kappa shape index (κ2) is 9.93. The average Bonchev–Trinajstić information content (AvgIpc) is 3.17. The summed E-state index contributed by atoms with van der Waals surface area (Å²) in [6.45, 7) is 2.39. The molecule has 7 heteroatoms. The molecule has 0 bridgehead atoms. The highest BCUT2D eigenvalue weighted by Crippen LogP contribution is 2.20. The van der Waals surface area contributed by atoms with Crippen molar-refractivity contribution in [2.24, 2.45) is 0 Å². The van der Waals surface area contributed by atoms with Gasteiger partial charge in [0.15, 0.2) is 0 Å². The lowest BCUT2D eigenvalue weighted by atomic mass is 10.1. The molecule has 0 fully saturated rings. The van der Waals surface area contributed by atoms with Gasteiger partial charge in [-0.3, -0.25) is 9.48 Å². The van der Waals surface area contributed by atoms with Gasteiger partial charge in [-0.15, -0.1) is 0 Å². The van der Waals surface area contributed by atoms with Crippen molar-refractivity contribution in [3.8, 4) is 11.3 Å². The first kappa shape index (κ1) is 20.7. The molecule has 1 atom stereocenters. The second-order valence-corrected chi connectivity index (χ2v) is 6.75. The molecular formula is C22H23N3O3S. The Morgan fingerprint density at radius 3 is 2.38 bits per heavy atom. The highest BCUT2D eigenvalue weighted by atomic mass is 32.1. The van der Waals surface area contributed by atoms with E-state index in [1.54, 1.807) is 17.7 Å². The van der Waals surface area contributed by atoms with Gasteiger partial charge in [0.05, 0.1) is 18.8 Å². The van der Waals surface area contributed by atoms with Crippen LogP contribution in [0.3, 0.4) is 0 Å². The lowest BCUT2D eigenvalue weighted by Crippen LogP contribution is -2.43. The number of hydrogen-bond donors (Lipinski definition) is 2. The Labute approximate surface area is 175 Å². The number of nitrogens with one attached hydrogen (secondary N) is 1. The molecule has 0 saturated carbocycles. The fourth-order valence-electron chi connectivity index (χ4n) is 2.88.